The molecule has 0 saturated carbocycles. The quantitative estimate of drug-likeness (QED) is 0.582. The smallest absolute Gasteiger partial charge is 0.255 e. The van der Waals surface area contributed by atoms with E-state index in [0.717, 1.165) is 24.5 Å². The summed E-state index contributed by atoms with van der Waals surface area (Å²) in [4.78, 5) is 21.3. The summed E-state index contributed by atoms with van der Waals surface area (Å²) in [6.07, 6.45) is 6.96. The van der Waals surface area contributed by atoms with Crippen molar-refractivity contribution in [2.45, 2.75) is 33.6 Å². The fourth-order valence-corrected chi connectivity index (χ4v) is 2.73. The molecule has 29 heavy (non-hydrogen) atoms. The van der Waals surface area contributed by atoms with Crippen molar-refractivity contribution >= 4 is 11.6 Å². The van der Waals surface area contributed by atoms with Gasteiger partial charge in [-0.15, -0.1) is 0 Å². The molecule has 2 aromatic heterocycles. The highest BCUT2D eigenvalue weighted by atomic mass is 16.5. The predicted octanol–water partition coefficient (Wildman–Crippen LogP) is 4.41. The Morgan fingerprint density at radius 1 is 1.03 bits per heavy atom. The zero-order valence-electron chi connectivity index (χ0n) is 17.0. The highest BCUT2D eigenvalue weighted by Crippen LogP contribution is 2.29. The van der Waals surface area contributed by atoms with Gasteiger partial charge in [0.15, 0.2) is 11.5 Å². The van der Waals surface area contributed by atoms with E-state index in [1.165, 1.54) is 0 Å². The van der Waals surface area contributed by atoms with Gasteiger partial charge in [-0.3, -0.25) is 9.36 Å². The number of hydrogen-bond acceptors (Lipinski definition) is 5. The minimum absolute atomic E-state index is 0.234. The third kappa shape index (κ3) is 5.13. The van der Waals surface area contributed by atoms with Crippen LogP contribution in [0.15, 0.2) is 48.9 Å². The summed E-state index contributed by atoms with van der Waals surface area (Å²) >= 11 is 0. The molecule has 0 saturated heterocycles. The van der Waals surface area contributed by atoms with E-state index in [-0.39, 0.29) is 5.91 Å². The van der Waals surface area contributed by atoms with Crippen LogP contribution >= 0.6 is 0 Å². The Morgan fingerprint density at radius 2 is 1.79 bits per heavy atom. The molecule has 1 aromatic carbocycles. The molecule has 0 fully saturated rings. The minimum Gasteiger partial charge on any atom is -0.490 e. The number of ether oxygens (including phenoxy) is 2. The average molecular weight is 394 g/mol. The average Bonchev–Trinajstić information content (AvgIpc) is 3.17. The second kappa shape index (κ2) is 9.73. The molecule has 3 aromatic rings. The molecule has 1 N–H and O–H groups in total. The number of rotatable bonds is 9. The lowest BCUT2D eigenvalue weighted by Gasteiger charge is -2.14. The first-order chi connectivity index (χ1) is 14.1. The minimum atomic E-state index is -0.234. The van der Waals surface area contributed by atoms with Crippen molar-refractivity contribution in [2.75, 3.05) is 18.5 Å². The van der Waals surface area contributed by atoms with E-state index >= 15 is 0 Å². The third-order valence-corrected chi connectivity index (χ3v) is 4.21. The Labute approximate surface area is 170 Å². The molecule has 0 radical (unpaired) electrons. The molecule has 1 amide bonds. The van der Waals surface area contributed by atoms with Gasteiger partial charge in [0, 0.05) is 18.0 Å². The highest BCUT2D eigenvalue weighted by Gasteiger charge is 2.13. The maximum Gasteiger partial charge on any atom is 0.255 e. The SMILES string of the molecule is CCCOc1ccc(C(=O)Nc2ccc(-n3ccnc3C)nc2)cc1OCCC. The normalized spacial score (nSPS) is 10.6. The van der Waals surface area contributed by atoms with Gasteiger partial charge in [-0.1, -0.05) is 13.8 Å². The zero-order valence-corrected chi connectivity index (χ0v) is 17.0. The molecule has 0 aliphatic heterocycles. The first-order valence-corrected chi connectivity index (χ1v) is 9.79. The van der Waals surface area contributed by atoms with Crippen LogP contribution in [-0.2, 0) is 0 Å². The molecule has 0 aliphatic rings. The summed E-state index contributed by atoms with van der Waals surface area (Å²) in [5.74, 6) is 2.59. The standard InChI is InChI=1S/C22H26N4O3/c1-4-12-28-19-8-6-17(14-20(19)29-13-5-2)22(27)25-18-7-9-21(24-15-18)26-11-10-23-16(26)3/h6-11,14-15H,4-5,12-13H2,1-3H3,(H,25,27). The summed E-state index contributed by atoms with van der Waals surface area (Å²) in [6.45, 7) is 7.14. The molecule has 152 valence electrons. The van der Waals surface area contributed by atoms with Gasteiger partial charge in [0.05, 0.1) is 25.1 Å². The van der Waals surface area contributed by atoms with Crippen molar-refractivity contribution < 1.29 is 14.3 Å². The number of carbonyl (C=O) groups is 1. The van der Waals surface area contributed by atoms with Gasteiger partial charge in [-0.25, -0.2) is 9.97 Å². The molecule has 7 heteroatoms. The Bertz CT molecular complexity index is 951. The lowest BCUT2D eigenvalue weighted by Crippen LogP contribution is -2.13. The van der Waals surface area contributed by atoms with Crippen molar-refractivity contribution in [1.29, 1.82) is 0 Å². The van der Waals surface area contributed by atoms with E-state index < -0.39 is 0 Å². The monoisotopic (exact) mass is 394 g/mol. The van der Waals surface area contributed by atoms with Crippen LogP contribution in [0.5, 0.6) is 11.5 Å². The fourth-order valence-electron chi connectivity index (χ4n) is 2.73. The number of aryl methyl sites for hydroxylation is 1. The Balaban J connectivity index is 1.73. The van der Waals surface area contributed by atoms with Gasteiger partial charge >= 0.3 is 0 Å². The van der Waals surface area contributed by atoms with E-state index in [4.69, 9.17) is 9.47 Å². The van der Waals surface area contributed by atoms with E-state index in [1.54, 1.807) is 30.6 Å². The molecule has 0 bridgehead atoms. The molecule has 0 aliphatic carbocycles. The van der Waals surface area contributed by atoms with Crippen molar-refractivity contribution in [3.8, 4) is 17.3 Å². The van der Waals surface area contributed by atoms with Crippen LogP contribution in [0.25, 0.3) is 5.82 Å². The predicted molar refractivity (Wildman–Crippen MR) is 112 cm³/mol. The third-order valence-electron chi connectivity index (χ3n) is 4.21. The van der Waals surface area contributed by atoms with Crippen molar-refractivity contribution in [1.82, 2.24) is 14.5 Å². The number of nitrogens with one attached hydrogen (secondary N) is 1. The van der Waals surface area contributed by atoms with Gasteiger partial charge in [-0.05, 0) is 50.1 Å². The van der Waals surface area contributed by atoms with Gasteiger partial charge in [-0.2, -0.15) is 0 Å². The zero-order chi connectivity index (χ0) is 20.6. The summed E-state index contributed by atoms with van der Waals surface area (Å²) in [7, 11) is 0. The first-order valence-electron chi connectivity index (χ1n) is 9.79. The summed E-state index contributed by atoms with van der Waals surface area (Å²) in [5.41, 5.74) is 1.10. The highest BCUT2D eigenvalue weighted by molar-refractivity contribution is 6.04. The van der Waals surface area contributed by atoms with E-state index in [0.29, 0.717) is 36.0 Å². The summed E-state index contributed by atoms with van der Waals surface area (Å²) in [6, 6.07) is 8.87. The van der Waals surface area contributed by atoms with E-state index in [9.17, 15) is 4.79 Å². The molecule has 0 spiro atoms. The maximum absolute atomic E-state index is 12.7. The van der Waals surface area contributed by atoms with Crippen molar-refractivity contribution in [3.63, 3.8) is 0 Å². The molecule has 3 rings (SSSR count). The van der Waals surface area contributed by atoms with Gasteiger partial charge in [0.25, 0.3) is 5.91 Å². The number of carbonyl (C=O) groups excluding carboxylic acids is 1. The molecule has 2 heterocycles. The number of amides is 1. The van der Waals surface area contributed by atoms with Crippen LogP contribution in [0.2, 0.25) is 0 Å². The summed E-state index contributed by atoms with van der Waals surface area (Å²) < 4.78 is 13.4. The lowest BCUT2D eigenvalue weighted by molar-refractivity contribution is 0.102. The van der Waals surface area contributed by atoms with Crippen LogP contribution in [0.3, 0.4) is 0 Å². The number of anilines is 1. The fraction of sp³-hybridized carbons (Fsp3) is 0.318. The van der Waals surface area contributed by atoms with Gasteiger partial charge in [0.2, 0.25) is 0 Å². The van der Waals surface area contributed by atoms with E-state index in [1.807, 2.05) is 43.7 Å². The van der Waals surface area contributed by atoms with Gasteiger partial charge in [0.1, 0.15) is 11.6 Å². The number of benzene rings is 1. The van der Waals surface area contributed by atoms with Crippen LogP contribution in [0, 0.1) is 6.92 Å². The van der Waals surface area contributed by atoms with E-state index in [2.05, 4.69) is 15.3 Å². The number of pyridine rings is 1. The van der Waals surface area contributed by atoms with Crippen LogP contribution in [-0.4, -0.2) is 33.7 Å². The number of hydrogen-bond donors (Lipinski definition) is 1. The molecular formula is C22H26N4O3. The molecule has 0 atom stereocenters. The van der Waals surface area contributed by atoms with Crippen molar-refractivity contribution in [3.05, 3.63) is 60.3 Å². The second-order valence-corrected chi connectivity index (χ2v) is 6.56. The summed E-state index contributed by atoms with van der Waals surface area (Å²) in [5, 5.41) is 2.87. The van der Waals surface area contributed by atoms with Crippen LogP contribution in [0.4, 0.5) is 5.69 Å². The largest absolute Gasteiger partial charge is 0.490 e. The number of nitrogens with zero attached hydrogens (tertiary/aromatic N) is 3. The Hall–Kier alpha value is -3.35. The topological polar surface area (TPSA) is 78.3 Å². The second-order valence-electron chi connectivity index (χ2n) is 6.56. The Kier molecular flexibility index (Phi) is 6.84. The number of aromatic nitrogens is 3. The first kappa shape index (κ1) is 20.4. The van der Waals surface area contributed by atoms with Crippen LogP contribution < -0.4 is 14.8 Å². The number of imidazole rings is 1. The van der Waals surface area contributed by atoms with Gasteiger partial charge < -0.3 is 14.8 Å². The Morgan fingerprint density at radius 3 is 2.41 bits per heavy atom. The molecule has 7 nitrogen and oxygen atoms in total. The molecule has 0 unspecified atom stereocenters. The molecular weight excluding hydrogens is 368 g/mol. The maximum atomic E-state index is 12.7. The van der Waals surface area contributed by atoms with Crippen LogP contribution in [0.1, 0.15) is 42.9 Å². The lowest BCUT2D eigenvalue weighted by atomic mass is 10.2. The van der Waals surface area contributed by atoms with Crippen molar-refractivity contribution in [2.24, 2.45) is 0 Å².